The molecule has 6 atom stereocenters. The van der Waals surface area contributed by atoms with Crippen molar-refractivity contribution in [2.24, 2.45) is 34.5 Å². The second-order valence-electron chi connectivity index (χ2n) is 8.92. The number of ketones is 2. The molecule has 0 amide bonds. The van der Waals surface area contributed by atoms with Crippen molar-refractivity contribution in [3.05, 3.63) is 23.8 Å². The first-order valence-electron chi connectivity index (χ1n) is 9.29. The third-order valence-electron chi connectivity index (χ3n) is 8.02. The monoisotopic (exact) mass is 312 g/mol. The number of carbonyl (C=O) groups excluding carboxylic acids is 2. The molecule has 124 valence electrons. The minimum atomic E-state index is 0.0321. The van der Waals surface area contributed by atoms with Gasteiger partial charge in [0, 0.05) is 23.3 Å². The topological polar surface area (TPSA) is 34.1 Å². The third-order valence-corrected chi connectivity index (χ3v) is 8.02. The Labute approximate surface area is 139 Å². The van der Waals surface area contributed by atoms with Gasteiger partial charge >= 0.3 is 0 Å². The molecular formula is C21H28O2. The third kappa shape index (κ3) is 1.93. The summed E-state index contributed by atoms with van der Waals surface area (Å²) in [6.07, 6.45) is 12.6. The van der Waals surface area contributed by atoms with Gasteiger partial charge in [-0.3, -0.25) is 9.59 Å². The summed E-state index contributed by atoms with van der Waals surface area (Å²) in [6.45, 7) is 6.42. The molecule has 0 saturated heterocycles. The van der Waals surface area contributed by atoms with Crippen LogP contribution in [0.4, 0.5) is 0 Å². The standard InChI is InChI=1S/C21H28O2/c1-13(22)15-7-8-16-14-12-19(23)18-6-4-5-10-20(18,2)17(14)9-11-21(15,16)3/h4-6,14-17H,7-12H2,1-3H3/t14-,15+,16-,17-,20+,21+/m0/s1. The Bertz CT molecular complexity index is 628. The first-order valence-corrected chi connectivity index (χ1v) is 9.29. The summed E-state index contributed by atoms with van der Waals surface area (Å²) in [4.78, 5) is 25.0. The summed E-state index contributed by atoms with van der Waals surface area (Å²) < 4.78 is 0. The molecule has 0 bridgehead atoms. The van der Waals surface area contributed by atoms with E-state index in [9.17, 15) is 9.59 Å². The highest BCUT2D eigenvalue weighted by Gasteiger charge is 2.60. The number of carbonyl (C=O) groups is 2. The molecule has 0 aromatic heterocycles. The zero-order valence-corrected chi connectivity index (χ0v) is 14.6. The maximum absolute atomic E-state index is 12.8. The SMILES string of the molecule is CC(=O)[C@H]1CC[C@H]2[C@@H]3CC(=O)C4=CC=CC[C@]4(C)[C@H]3CC[C@]12C. The zero-order chi connectivity index (χ0) is 16.4. The fourth-order valence-electron chi connectivity index (χ4n) is 6.90. The number of fused-ring (bicyclic) bond motifs is 5. The molecule has 0 spiro atoms. The Kier molecular flexibility index (Phi) is 3.28. The lowest BCUT2D eigenvalue weighted by atomic mass is 9.47. The van der Waals surface area contributed by atoms with Crippen LogP contribution >= 0.6 is 0 Å². The highest BCUT2D eigenvalue weighted by Crippen LogP contribution is 2.65. The van der Waals surface area contributed by atoms with Crippen molar-refractivity contribution in [1.82, 2.24) is 0 Å². The molecule has 3 fully saturated rings. The summed E-state index contributed by atoms with van der Waals surface area (Å²) in [5.41, 5.74) is 1.24. The van der Waals surface area contributed by atoms with E-state index in [1.165, 1.54) is 6.42 Å². The summed E-state index contributed by atoms with van der Waals surface area (Å²) in [5, 5.41) is 0. The molecule has 2 nitrogen and oxygen atoms in total. The minimum absolute atomic E-state index is 0.0321. The van der Waals surface area contributed by atoms with Crippen molar-refractivity contribution in [1.29, 1.82) is 0 Å². The van der Waals surface area contributed by atoms with Gasteiger partial charge in [-0.1, -0.05) is 32.1 Å². The molecule has 0 aromatic rings. The van der Waals surface area contributed by atoms with Crippen LogP contribution < -0.4 is 0 Å². The number of Topliss-reactive ketones (excluding diaryl/α,β-unsaturated/α-hetero) is 2. The smallest absolute Gasteiger partial charge is 0.159 e. The number of hydrogen-bond donors (Lipinski definition) is 0. The predicted octanol–water partition coefficient (Wildman–Crippen LogP) is 4.50. The number of allylic oxidation sites excluding steroid dienone is 4. The molecule has 3 saturated carbocycles. The molecular weight excluding hydrogens is 284 g/mol. The van der Waals surface area contributed by atoms with Crippen molar-refractivity contribution in [3.63, 3.8) is 0 Å². The van der Waals surface area contributed by atoms with Gasteiger partial charge in [-0.15, -0.1) is 0 Å². The molecule has 4 aliphatic carbocycles. The summed E-state index contributed by atoms with van der Waals surface area (Å²) in [5.74, 6) is 2.61. The zero-order valence-electron chi connectivity index (χ0n) is 14.6. The van der Waals surface area contributed by atoms with Gasteiger partial charge < -0.3 is 0 Å². The van der Waals surface area contributed by atoms with E-state index in [0.29, 0.717) is 35.7 Å². The van der Waals surface area contributed by atoms with Crippen molar-refractivity contribution in [2.45, 2.75) is 59.3 Å². The molecule has 4 aliphatic rings. The van der Waals surface area contributed by atoms with Crippen molar-refractivity contribution < 1.29 is 9.59 Å². The molecule has 2 heteroatoms. The Morgan fingerprint density at radius 3 is 2.70 bits per heavy atom. The molecule has 0 radical (unpaired) electrons. The van der Waals surface area contributed by atoms with Crippen LogP contribution in [0.25, 0.3) is 0 Å². The van der Waals surface area contributed by atoms with Crippen molar-refractivity contribution in [3.8, 4) is 0 Å². The maximum Gasteiger partial charge on any atom is 0.159 e. The lowest BCUT2D eigenvalue weighted by Gasteiger charge is -2.56. The molecule has 0 aliphatic heterocycles. The molecule has 23 heavy (non-hydrogen) atoms. The average molecular weight is 312 g/mol. The summed E-state index contributed by atoms with van der Waals surface area (Å²) in [6, 6.07) is 0. The van der Waals surface area contributed by atoms with E-state index in [0.717, 1.165) is 31.3 Å². The van der Waals surface area contributed by atoms with E-state index in [1.807, 2.05) is 0 Å². The fraction of sp³-hybridized carbons (Fsp3) is 0.714. The van der Waals surface area contributed by atoms with Crippen LogP contribution in [0.2, 0.25) is 0 Å². The Morgan fingerprint density at radius 2 is 1.96 bits per heavy atom. The van der Waals surface area contributed by atoms with E-state index >= 15 is 0 Å². The highest BCUT2D eigenvalue weighted by atomic mass is 16.1. The second kappa shape index (κ2) is 4.91. The Hall–Kier alpha value is -1.18. The van der Waals surface area contributed by atoms with Gasteiger partial charge in [0.15, 0.2) is 5.78 Å². The second-order valence-corrected chi connectivity index (χ2v) is 8.92. The highest BCUT2D eigenvalue weighted by molar-refractivity contribution is 5.98. The molecule has 4 rings (SSSR count). The molecule has 0 heterocycles. The van der Waals surface area contributed by atoms with Gasteiger partial charge in [0.2, 0.25) is 0 Å². The largest absolute Gasteiger partial charge is 0.300 e. The first kappa shape index (κ1) is 15.4. The first-order chi connectivity index (χ1) is 10.9. The van der Waals surface area contributed by atoms with Gasteiger partial charge in [-0.2, -0.15) is 0 Å². The van der Waals surface area contributed by atoms with E-state index in [2.05, 4.69) is 32.1 Å². The van der Waals surface area contributed by atoms with Crippen LogP contribution in [-0.2, 0) is 9.59 Å². The average Bonchev–Trinajstić information content (AvgIpc) is 2.85. The normalized spacial score (nSPS) is 48.3. The number of hydrogen-bond acceptors (Lipinski definition) is 2. The van der Waals surface area contributed by atoms with Crippen molar-refractivity contribution >= 4 is 11.6 Å². The van der Waals surface area contributed by atoms with Gasteiger partial charge in [0.1, 0.15) is 5.78 Å². The lowest BCUT2D eigenvalue weighted by Crippen LogP contribution is -2.52. The Morgan fingerprint density at radius 1 is 1.17 bits per heavy atom. The quantitative estimate of drug-likeness (QED) is 0.714. The number of rotatable bonds is 1. The van der Waals surface area contributed by atoms with Crippen LogP contribution in [-0.4, -0.2) is 11.6 Å². The van der Waals surface area contributed by atoms with Gasteiger partial charge in [-0.25, -0.2) is 0 Å². The van der Waals surface area contributed by atoms with E-state index in [4.69, 9.17) is 0 Å². The molecule has 0 aromatic carbocycles. The molecule has 0 N–H and O–H groups in total. The van der Waals surface area contributed by atoms with Gasteiger partial charge in [0.05, 0.1) is 0 Å². The fourth-order valence-corrected chi connectivity index (χ4v) is 6.90. The van der Waals surface area contributed by atoms with Crippen LogP contribution in [0.1, 0.15) is 59.3 Å². The van der Waals surface area contributed by atoms with Crippen LogP contribution in [0.15, 0.2) is 23.8 Å². The van der Waals surface area contributed by atoms with Crippen LogP contribution in [0.3, 0.4) is 0 Å². The van der Waals surface area contributed by atoms with E-state index < -0.39 is 0 Å². The predicted molar refractivity (Wildman–Crippen MR) is 90.8 cm³/mol. The maximum atomic E-state index is 12.8. The minimum Gasteiger partial charge on any atom is -0.300 e. The Balaban J connectivity index is 1.72. The van der Waals surface area contributed by atoms with Crippen molar-refractivity contribution in [2.75, 3.05) is 0 Å². The van der Waals surface area contributed by atoms with Gasteiger partial charge in [0.25, 0.3) is 0 Å². The lowest BCUT2D eigenvalue weighted by molar-refractivity contribution is -0.132. The summed E-state index contributed by atoms with van der Waals surface area (Å²) in [7, 11) is 0. The van der Waals surface area contributed by atoms with E-state index in [-0.39, 0.29) is 16.7 Å². The molecule has 0 unspecified atom stereocenters. The summed E-state index contributed by atoms with van der Waals surface area (Å²) >= 11 is 0. The van der Waals surface area contributed by atoms with Gasteiger partial charge in [-0.05, 0) is 62.2 Å². The van der Waals surface area contributed by atoms with E-state index in [1.54, 1.807) is 6.92 Å². The van der Waals surface area contributed by atoms with Crippen LogP contribution in [0.5, 0.6) is 0 Å². The van der Waals surface area contributed by atoms with Crippen LogP contribution in [0, 0.1) is 34.5 Å².